The lowest BCUT2D eigenvalue weighted by molar-refractivity contribution is -0.186. The number of hydrogen-bond donors (Lipinski definition) is 0. The predicted octanol–water partition coefficient (Wildman–Crippen LogP) is 10.7. The highest BCUT2D eigenvalue weighted by Crippen LogP contribution is 2.53. The van der Waals surface area contributed by atoms with Crippen LogP contribution in [0.25, 0.3) is 12.2 Å². The second kappa shape index (κ2) is 16.8. The Bertz CT molecular complexity index is 2080. The summed E-state index contributed by atoms with van der Waals surface area (Å²) in [4.78, 5) is 29.4. The van der Waals surface area contributed by atoms with Crippen LogP contribution < -0.4 is 0 Å². The van der Waals surface area contributed by atoms with Gasteiger partial charge in [-0.05, 0) is 51.0 Å². The van der Waals surface area contributed by atoms with Crippen molar-refractivity contribution in [1.29, 1.82) is 0 Å². The summed E-state index contributed by atoms with van der Waals surface area (Å²) in [5.41, 5.74) is 1.80. The van der Waals surface area contributed by atoms with Gasteiger partial charge in [0.2, 0.25) is 0 Å². The lowest BCUT2D eigenvalue weighted by atomic mass is 9.71. The summed E-state index contributed by atoms with van der Waals surface area (Å²) in [7, 11) is 0. The zero-order valence-corrected chi connectivity index (χ0v) is 32.6. The van der Waals surface area contributed by atoms with Gasteiger partial charge in [0.05, 0.1) is 0 Å². The first kappa shape index (κ1) is 38.9. The lowest BCUT2D eigenvalue weighted by Gasteiger charge is -2.46. The molecule has 286 valence electrons. The molecule has 0 spiro atoms. The van der Waals surface area contributed by atoms with Crippen LogP contribution in [0.15, 0.2) is 193 Å². The molecule has 0 aromatic heterocycles. The normalized spacial score (nSPS) is 17.1. The van der Waals surface area contributed by atoms with Crippen molar-refractivity contribution >= 4 is 24.1 Å². The molecule has 0 amide bonds. The van der Waals surface area contributed by atoms with E-state index in [1.54, 1.807) is 26.0 Å². The Hall–Kier alpha value is -6.34. The zero-order valence-electron chi connectivity index (χ0n) is 32.6. The van der Waals surface area contributed by atoms with Crippen molar-refractivity contribution < 1.29 is 28.5 Å². The average Bonchev–Trinajstić information content (AvgIpc) is 3.59. The van der Waals surface area contributed by atoms with E-state index in [0.717, 1.165) is 11.1 Å². The molecule has 6 nitrogen and oxygen atoms in total. The first-order valence-corrected chi connectivity index (χ1v) is 19.1. The summed E-state index contributed by atoms with van der Waals surface area (Å²) in [6, 6.07) is 57.6. The van der Waals surface area contributed by atoms with Gasteiger partial charge in [0.1, 0.15) is 12.2 Å². The van der Waals surface area contributed by atoms with Gasteiger partial charge in [0, 0.05) is 33.4 Å². The van der Waals surface area contributed by atoms with E-state index in [9.17, 15) is 9.59 Å². The van der Waals surface area contributed by atoms with Crippen LogP contribution in [0.1, 0.15) is 61.1 Å². The van der Waals surface area contributed by atoms with Crippen molar-refractivity contribution in [2.75, 3.05) is 0 Å². The van der Waals surface area contributed by atoms with Gasteiger partial charge in [0.15, 0.2) is 17.0 Å². The molecule has 1 aliphatic rings. The van der Waals surface area contributed by atoms with Crippen LogP contribution in [0.5, 0.6) is 0 Å². The van der Waals surface area contributed by atoms with E-state index in [0.29, 0.717) is 33.4 Å². The largest absolute Gasteiger partial charge is 0.443 e. The Kier molecular flexibility index (Phi) is 11.5. The molecule has 0 radical (unpaired) electrons. The minimum atomic E-state index is -1.64. The predicted molar refractivity (Wildman–Crippen MR) is 224 cm³/mol. The van der Waals surface area contributed by atoms with E-state index < -0.39 is 41.1 Å². The highest BCUT2D eigenvalue weighted by molar-refractivity contribution is 5.94. The molecular weight excluding hydrogens is 709 g/mol. The SMILES string of the molecule is C/C(=C\c1ccccc1)C(=O)OC(c1ccccc1)(c1ccccc1)C1OC(C)(C)O[C@H]1C(OC(=O)/C(C)=C/c1ccccc1)(c1ccccc1)c1ccccc1. The first-order valence-electron chi connectivity index (χ1n) is 19.1. The fraction of sp³-hybridized carbons (Fsp3) is 0.176. The Morgan fingerprint density at radius 2 is 0.702 bits per heavy atom. The molecule has 1 aliphatic heterocycles. The van der Waals surface area contributed by atoms with Crippen molar-refractivity contribution in [3.05, 3.63) is 227 Å². The Morgan fingerprint density at radius 3 is 0.965 bits per heavy atom. The van der Waals surface area contributed by atoms with E-state index in [1.807, 2.05) is 196 Å². The number of esters is 2. The molecule has 57 heavy (non-hydrogen) atoms. The minimum Gasteiger partial charge on any atom is -0.443 e. The highest BCUT2D eigenvalue weighted by Gasteiger charge is 2.65. The molecule has 6 aromatic carbocycles. The van der Waals surface area contributed by atoms with Crippen molar-refractivity contribution in [1.82, 2.24) is 0 Å². The summed E-state index contributed by atoms with van der Waals surface area (Å²) < 4.78 is 28.2. The summed E-state index contributed by atoms with van der Waals surface area (Å²) in [6.07, 6.45) is 1.41. The van der Waals surface area contributed by atoms with Gasteiger partial charge >= 0.3 is 11.9 Å². The van der Waals surface area contributed by atoms with E-state index in [4.69, 9.17) is 18.9 Å². The first-order chi connectivity index (χ1) is 27.6. The Balaban J connectivity index is 1.49. The van der Waals surface area contributed by atoms with Crippen LogP contribution in [0.2, 0.25) is 0 Å². The van der Waals surface area contributed by atoms with Gasteiger partial charge in [-0.25, -0.2) is 9.59 Å². The fourth-order valence-electron chi connectivity index (χ4n) is 7.61. The smallest absolute Gasteiger partial charge is 0.335 e. The molecule has 1 heterocycles. The van der Waals surface area contributed by atoms with Crippen molar-refractivity contribution in [2.45, 2.75) is 56.9 Å². The van der Waals surface area contributed by atoms with Crippen molar-refractivity contribution in [3.63, 3.8) is 0 Å². The van der Waals surface area contributed by atoms with E-state index >= 15 is 0 Å². The number of ether oxygens (including phenoxy) is 4. The summed E-state index contributed by atoms with van der Waals surface area (Å²) in [5.74, 6) is -2.36. The second-order valence-electron chi connectivity index (χ2n) is 14.7. The maximum atomic E-state index is 14.7. The average molecular weight is 755 g/mol. The van der Waals surface area contributed by atoms with E-state index in [1.165, 1.54) is 0 Å². The molecule has 0 N–H and O–H groups in total. The zero-order chi connectivity index (χ0) is 39.9. The molecule has 1 unspecified atom stereocenters. The van der Waals surface area contributed by atoms with Gasteiger partial charge < -0.3 is 18.9 Å². The monoisotopic (exact) mass is 754 g/mol. The van der Waals surface area contributed by atoms with Crippen LogP contribution in [0, 0.1) is 0 Å². The summed E-state index contributed by atoms with van der Waals surface area (Å²) in [5, 5.41) is 0. The number of carbonyl (C=O) groups excluding carboxylic acids is 2. The molecule has 1 fully saturated rings. The number of benzene rings is 6. The van der Waals surface area contributed by atoms with Crippen LogP contribution in [-0.2, 0) is 39.7 Å². The molecule has 7 rings (SSSR count). The fourth-order valence-corrected chi connectivity index (χ4v) is 7.61. The van der Waals surface area contributed by atoms with E-state index in [2.05, 4.69) is 0 Å². The molecule has 6 aromatic rings. The van der Waals surface area contributed by atoms with Gasteiger partial charge in [-0.1, -0.05) is 182 Å². The quantitative estimate of drug-likeness (QED) is 0.0915. The third-order valence-electron chi connectivity index (χ3n) is 10.2. The van der Waals surface area contributed by atoms with Gasteiger partial charge in [-0.3, -0.25) is 0 Å². The molecule has 0 aliphatic carbocycles. The highest BCUT2D eigenvalue weighted by atomic mass is 16.8. The molecular formula is C51H46O6. The lowest BCUT2D eigenvalue weighted by Crippen LogP contribution is -2.57. The van der Waals surface area contributed by atoms with Crippen LogP contribution in [0.3, 0.4) is 0 Å². The molecule has 1 saturated heterocycles. The van der Waals surface area contributed by atoms with E-state index in [-0.39, 0.29) is 0 Å². The van der Waals surface area contributed by atoms with Crippen LogP contribution in [-0.4, -0.2) is 29.9 Å². The Labute approximate surface area is 335 Å². The number of rotatable bonds is 12. The third kappa shape index (κ3) is 8.15. The molecule has 2 atom stereocenters. The summed E-state index contributed by atoms with van der Waals surface area (Å²) in [6.45, 7) is 7.13. The van der Waals surface area contributed by atoms with Crippen LogP contribution >= 0.6 is 0 Å². The van der Waals surface area contributed by atoms with Gasteiger partial charge in [-0.2, -0.15) is 0 Å². The second-order valence-corrected chi connectivity index (χ2v) is 14.7. The molecule has 0 bridgehead atoms. The van der Waals surface area contributed by atoms with Crippen LogP contribution in [0.4, 0.5) is 0 Å². The number of hydrogen-bond acceptors (Lipinski definition) is 6. The van der Waals surface area contributed by atoms with Crippen molar-refractivity contribution in [3.8, 4) is 0 Å². The topological polar surface area (TPSA) is 71.1 Å². The standard InChI is InChI=1S/C51H46O6/c1-37(35-39-23-11-5-12-24-39)47(52)56-50(41-27-15-7-16-28-41,42-29-17-8-18-30-42)45-46(55-49(3,4)54-45)51(43-31-19-9-20-32-43,44-33-21-10-22-34-44)57-48(53)38(2)36-40-25-13-6-14-26-40/h5-36,45-46H,1-4H3/b37-35+,38-36+/t45-,46?/m1/s1. The molecule has 0 saturated carbocycles. The van der Waals surface area contributed by atoms with Gasteiger partial charge in [0.25, 0.3) is 0 Å². The maximum Gasteiger partial charge on any atom is 0.335 e. The number of carbonyl (C=O) groups is 2. The van der Waals surface area contributed by atoms with Gasteiger partial charge in [-0.15, -0.1) is 0 Å². The van der Waals surface area contributed by atoms with Crippen molar-refractivity contribution in [2.24, 2.45) is 0 Å². The molecule has 6 heteroatoms. The maximum absolute atomic E-state index is 14.7. The summed E-state index contributed by atoms with van der Waals surface area (Å²) >= 11 is 0. The Morgan fingerprint density at radius 1 is 0.456 bits per heavy atom. The minimum absolute atomic E-state index is 0.387. The third-order valence-corrected chi connectivity index (χ3v) is 10.2.